The Morgan fingerprint density at radius 1 is 1.19 bits per heavy atom. The van der Waals surface area contributed by atoms with Gasteiger partial charge >= 0.3 is 6.05 Å². The van der Waals surface area contributed by atoms with Crippen molar-refractivity contribution in [3.63, 3.8) is 0 Å². The lowest BCUT2D eigenvalue weighted by atomic mass is 9.97. The number of hydrogen-bond donors (Lipinski definition) is 2. The van der Waals surface area contributed by atoms with E-state index in [9.17, 15) is 26.7 Å². The third kappa shape index (κ3) is 1.90. The van der Waals surface area contributed by atoms with E-state index in [1.807, 2.05) is 0 Å². The minimum atomic E-state index is -4.30. The molecule has 0 unspecified atom stereocenters. The zero-order valence-electron chi connectivity index (χ0n) is 7.45. The summed E-state index contributed by atoms with van der Waals surface area (Å²) >= 11 is 0. The lowest BCUT2D eigenvalue weighted by Crippen LogP contribution is -2.37. The number of hydrogen-bond acceptors (Lipinski definition) is 3. The van der Waals surface area contributed by atoms with Crippen LogP contribution in [-0.2, 0) is 4.79 Å². The predicted octanol–water partition coefficient (Wildman–Crippen LogP) is 2.09. The number of rotatable bonds is 2. The van der Waals surface area contributed by atoms with Gasteiger partial charge in [0.2, 0.25) is 0 Å². The van der Waals surface area contributed by atoms with Crippen molar-refractivity contribution in [2.75, 3.05) is 0 Å². The van der Waals surface area contributed by atoms with E-state index in [1.165, 1.54) is 0 Å². The van der Waals surface area contributed by atoms with Gasteiger partial charge in [0.05, 0.1) is 11.1 Å². The average molecular weight is 241 g/mol. The van der Waals surface area contributed by atoms with E-state index in [-0.39, 0.29) is 0 Å². The van der Waals surface area contributed by atoms with Crippen LogP contribution >= 0.6 is 0 Å². The fourth-order valence-electron chi connectivity index (χ4n) is 1.09. The maximum atomic E-state index is 12.9. The minimum absolute atomic E-state index is 0.435. The van der Waals surface area contributed by atoms with Crippen LogP contribution in [0.4, 0.5) is 22.0 Å². The summed E-state index contributed by atoms with van der Waals surface area (Å²) in [6.07, 6.45) is -1.19. The molecule has 2 N–H and O–H groups in total. The topological polar surface area (TPSA) is 49.3 Å². The summed E-state index contributed by atoms with van der Waals surface area (Å²) in [7, 11) is 0. The average Bonchev–Trinajstić information content (AvgIpc) is 2.26. The van der Waals surface area contributed by atoms with Crippen LogP contribution in [0.15, 0.2) is 28.6 Å². The third-order valence-electron chi connectivity index (χ3n) is 1.91. The first-order valence-corrected chi connectivity index (χ1v) is 3.83. The van der Waals surface area contributed by atoms with Crippen LogP contribution in [0.2, 0.25) is 0 Å². The van der Waals surface area contributed by atoms with Crippen molar-refractivity contribution in [2.45, 2.75) is 12.5 Å². The van der Waals surface area contributed by atoms with E-state index in [0.29, 0.717) is 5.48 Å². The molecule has 0 saturated carbocycles. The summed E-state index contributed by atoms with van der Waals surface area (Å²) in [5.74, 6) is -5.35. The van der Waals surface area contributed by atoms with Crippen molar-refractivity contribution in [3.05, 3.63) is 28.6 Å². The molecule has 0 bridgehead atoms. The molecule has 1 aliphatic carbocycles. The molecule has 1 aliphatic rings. The molecule has 8 heteroatoms. The van der Waals surface area contributed by atoms with Crippen molar-refractivity contribution < 1.29 is 32.0 Å². The highest BCUT2D eigenvalue weighted by atomic mass is 19.3. The van der Waals surface area contributed by atoms with Gasteiger partial charge < -0.3 is 5.21 Å². The van der Waals surface area contributed by atoms with Crippen LogP contribution in [-0.4, -0.2) is 17.2 Å². The highest BCUT2D eigenvalue weighted by Crippen LogP contribution is 2.40. The normalized spacial score (nSPS) is 18.0. The Kier molecular flexibility index (Phi) is 3.27. The number of halogens is 5. The number of carbonyl (C=O) groups excluding carboxylic acids is 1. The van der Waals surface area contributed by atoms with Gasteiger partial charge in [-0.05, 0) is 0 Å². The fourth-order valence-corrected chi connectivity index (χ4v) is 1.09. The second-order valence-electron chi connectivity index (χ2n) is 2.86. The van der Waals surface area contributed by atoms with E-state index >= 15 is 0 Å². The zero-order chi connectivity index (χ0) is 12.5. The maximum Gasteiger partial charge on any atom is 0.349 e. The van der Waals surface area contributed by atoms with Gasteiger partial charge in [-0.15, -0.1) is 5.48 Å². The molecule has 0 aromatic rings. The molecule has 1 rings (SSSR count). The molecule has 0 aromatic heterocycles. The first kappa shape index (κ1) is 12.6. The second-order valence-corrected chi connectivity index (χ2v) is 2.86. The van der Waals surface area contributed by atoms with E-state index in [4.69, 9.17) is 5.21 Å². The van der Waals surface area contributed by atoms with Gasteiger partial charge in [-0.3, -0.25) is 0 Å². The molecule has 0 saturated heterocycles. The predicted molar refractivity (Wildman–Crippen MR) is 41.1 cm³/mol. The molecule has 0 fully saturated rings. The fraction of sp³-hybridized carbons (Fsp3) is 0.250. The highest BCUT2D eigenvalue weighted by molar-refractivity contribution is 5.64. The van der Waals surface area contributed by atoms with Crippen LogP contribution in [0.25, 0.3) is 0 Å². The van der Waals surface area contributed by atoms with Gasteiger partial charge in [0.15, 0.2) is 17.5 Å². The van der Waals surface area contributed by atoms with Crippen molar-refractivity contribution >= 4 is 5.94 Å². The Balaban J connectivity index is 3.37. The molecule has 3 nitrogen and oxygen atoms in total. The zero-order valence-corrected chi connectivity index (χ0v) is 7.45. The summed E-state index contributed by atoms with van der Waals surface area (Å²) < 4.78 is 64.0. The summed E-state index contributed by atoms with van der Waals surface area (Å²) in [6.45, 7) is 0. The minimum Gasteiger partial charge on any atom is -0.311 e. The lowest BCUT2D eigenvalue weighted by Gasteiger charge is -2.21. The Bertz CT molecular complexity index is 434. The first-order chi connectivity index (χ1) is 7.35. The number of allylic oxidation sites excluding steroid dienone is 4. The summed E-state index contributed by atoms with van der Waals surface area (Å²) in [4.78, 5) is 10.1. The van der Waals surface area contributed by atoms with E-state index in [2.05, 4.69) is 0 Å². The first-order valence-electron chi connectivity index (χ1n) is 3.83. The molecule has 0 amide bonds. The van der Waals surface area contributed by atoms with Crippen LogP contribution in [0.5, 0.6) is 0 Å². The van der Waals surface area contributed by atoms with Crippen molar-refractivity contribution in [1.82, 2.24) is 5.48 Å². The van der Waals surface area contributed by atoms with Gasteiger partial charge in [0.1, 0.15) is 5.94 Å². The summed E-state index contributed by atoms with van der Waals surface area (Å²) in [5.41, 5.74) is -2.22. The monoisotopic (exact) mass is 241 g/mol. The molecule has 0 aromatic carbocycles. The van der Waals surface area contributed by atoms with Gasteiger partial charge in [0.25, 0.3) is 0 Å². The standard InChI is InChI=1S/C8H4F5NO2/c9-5-3(2-15)1-4(6(10)7(5)11)8(12,13)14-16/h14,16H,1H2. The highest BCUT2D eigenvalue weighted by Gasteiger charge is 2.42. The Morgan fingerprint density at radius 3 is 2.19 bits per heavy atom. The van der Waals surface area contributed by atoms with Crippen molar-refractivity contribution in [2.24, 2.45) is 0 Å². The Labute approximate surface area is 85.5 Å². The van der Waals surface area contributed by atoms with Crippen LogP contribution < -0.4 is 5.48 Å². The number of nitrogens with one attached hydrogen (secondary N) is 1. The molecule has 0 atom stereocenters. The van der Waals surface area contributed by atoms with Gasteiger partial charge in [0, 0.05) is 6.42 Å². The molecular formula is C8H4F5NO2. The van der Waals surface area contributed by atoms with Gasteiger partial charge in [-0.1, -0.05) is 0 Å². The largest absolute Gasteiger partial charge is 0.349 e. The Morgan fingerprint density at radius 2 is 1.75 bits per heavy atom. The molecular weight excluding hydrogens is 237 g/mol. The number of alkyl halides is 2. The molecule has 0 heterocycles. The van der Waals surface area contributed by atoms with Gasteiger partial charge in [-0.25, -0.2) is 18.0 Å². The van der Waals surface area contributed by atoms with Gasteiger partial charge in [-0.2, -0.15) is 8.78 Å². The second kappa shape index (κ2) is 4.17. The summed E-state index contributed by atoms with van der Waals surface area (Å²) in [5, 5.41) is 8.03. The maximum absolute atomic E-state index is 12.9. The molecule has 0 spiro atoms. The quantitative estimate of drug-likeness (QED) is 0.337. The molecule has 0 radical (unpaired) electrons. The molecule has 0 aliphatic heterocycles. The third-order valence-corrected chi connectivity index (χ3v) is 1.91. The molecule has 16 heavy (non-hydrogen) atoms. The van der Waals surface area contributed by atoms with E-state index in [1.54, 1.807) is 0 Å². The van der Waals surface area contributed by atoms with E-state index < -0.39 is 41.1 Å². The molecule has 88 valence electrons. The summed E-state index contributed by atoms with van der Waals surface area (Å²) in [6, 6.07) is -4.30. The Hall–Kier alpha value is -1.50. The van der Waals surface area contributed by atoms with Crippen LogP contribution in [0, 0.1) is 0 Å². The van der Waals surface area contributed by atoms with Crippen LogP contribution in [0.3, 0.4) is 0 Å². The van der Waals surface area contributed by atoms with Crippen LogP contribution in [0.1, 0.15) is 6.42 Å². The van der Waals surface area contributed by atoms with Crippen molar-refractivity contribution in [1.29, 1.82) is 0 Å². The van der Waals surface area contributed by atoms with E-state index in [0.717, 1.165) is 5.94 Å². The number of hydroxylamine groups is 1. The smallest absolute Gasteiger partial charge is 0.311 e. The lowest BCUT2D eigenvalue weighted by molar-refractivity contribution is -0.0997. The SMILES string of the molecule is O=C=C1CC(C(F)(F)NO)=C(F)C(F)=C1F. The van der Waals surface area contributed by atoms with Crippen molar-refractivity contribution in [3.8, 4) is 0 Å².